The first-order valence-electron chi connectivity index (χ1n) is 29.2. The number of nitrogens with one attached hydrogen (secondary N) is 1. The molecule has 0 bridgehead atoms. The Hall–Kier alpha value is -1.02. The molecule has 0 heterocycles. The van der Waals surface area contributed by atoms with E-state index in [4.69, 9.17) is 9.05 Å². The van der Waals surface area contributed by atoms with E-state index in [0.29, 0.717) is 17.4 Å². The molecule has 9 heteroatoms. The van der Waals surface area contributed by atoms with Crippen molar-refractivity contribution in [3.05, 3.63) is 24.3 Å². The molecule has 0 aliphatic heterocycles. The molecule has 0 aromatic carbocycles. The summed E-state index contributed by atoms with van der Waals surface area (Å²) in [5.74, 6) is -0.202. The molecule has 0 saturated heterocycles. The van der Waals surface area contributed by atoms with E-state index in [2.05, 4.69) is 31.3 Å². The Morgan fingerprint density at radius 2 is 0.836 bits per heavy atom. The number of unbranched alkanes of at least 4 members (excludes halogenated alkanes) is 39. The molecule has 0 aliphatic carbocycles. The van der Waals surface area contributed by atoms with Gasteiger partial charge in [-0.3, -0.25) is 9.36 Å². The number of quaternary nitrogens is 1. The fourth-order valence-corrected chi connectivity index (χ4v) is 9.54. The predicted octanol–water partition coefficient (Wildman–Crippen LogP) is 17.0. The van der Waals surface area contributed by atoms with Crippen LogP contribution in [0, 0.1) is 0 Å². The predicted molar refractivity (Wildman–Crippen MR) is 289 cm³/mol. The van der Waals surface area contributed by atoms with Crippen LogP contribution in [-0.2, 0) is 18.4 Å². The zero-order valence-electron chi connectivity index (χ0n) is 45.4. The molecule has 67 heavy (non-hydrogen) atoms. The lowest BCUT2D eigenvalue weighted by molar-refractivity contribution is -0.870. The lowest BCUT2D eigenvalue weighted by Crippen LogP contribution is -2.45. The van der Waals surface area contributed by atoms with Gasteiger partial charge >= 0.3 is 0 Å². The SMILES string of the molecule is CCCCCCCCCCCCCCCCCCCCCCC/C=C/CC/C=C/C(O)C(COP(=O)([O-])OCC[N+](C)(C)C)NC(=O)CCCCCCCCCCCCCCCCCCCC. The molecule has 2 N–H and O–H groups in total. The number of hydrogen-bond acceptors (Lipinski definition) is 6. The van der Waals surface area contributed by atoms with E-state index in [0.717, 1.165) is 38.5 Å². The van der Waals surface area contributed by atoms with Gasteiger partial charge in [-0.25, -0.2) is 0 Å². The normalized spacial score (nSPS) is 14.1. The van der Waals surface area contributed by atoms with Gasteiger partial charge in [0.05, 0.1) is 39.9 Å². The Morgan fingerprint density at radius 1 is 0.507 bits per heavy atom. The maximum absolute atomic E-state index is 12.9. The smallest absolute Gasteiger partial charge is 0.268 e. The summed E-state index contributed by atoms with van der Waals surface area (Å²) in [6.45, 7) is 4.67. The summed E-state index contributed by atoms with van der Waals surface area (Å²) in [5.41, 5.74) is 0. The summed E-state index contributed by atoms with van der Waals surface area (Å²) in [6.07, 6.45) is 62.6. The molecule has 3 unspecified atom stereocenters. The Bertz CT molecular complexity index is 1140. The molecular formula is C58H115N2O6P. The Labute approximate surface area is 417 Å². The van der Waals surface area contributed by atoms with Crippen molar-refractivity contribution in [1.29, 1.82) is 0 Å². The Balaban J connectivity index is 4.20. The first kappa shape index (κ1) is 66.0. The molecule has 0 rings (SSSR count). The van der Waals surface area contributed by atoms with E-state index < -0.39 is 20.0 Å². The van der Waals surface area contributed by atoms with Crippen LogP contribution in [0.5, 0.6) is 0 Å². The Kier molecular flexibility index (Phi) is 49.2. The minimum atomic E-state index is -4.60. The maximum Gasteiger partial charge on any atom is 0.268 e. The molecule has 8 nitrogen and oxygen atoms in total. The highest BCUT2D eigenvalue weighted by Crippen LogP contribution is 2.38. The molecule has 398 valence electrons. The number of aliphatic hydroxyl groups is 1. The van der Waals surface area contributed by atoms with Crippen LogP contribution < -0.4 is 10.2 Å². The van der Waals surface area contributed by atoms with E-state index >= 15 is 0 Å². The molecule has 0 aromatic rings. The van der Waals surface area contributed by atoms with Gasteiger partial charge in [-0.05, 0) is 32.1 Å². The summed E-state index contributed by atoms with van der Waals surface area (Å²) in [4.78, 5) is 25.5. The van der Waals surface area contributed by atoms with Crippen molar-refractivity contribution in [1.82, 2.24) is 5.32 Å². The van der Waals surface area contributed by atoms with E-state index in [1.807, 2.05) is 27.2 Å². The second-order valence-corrected chi connectivity index (χ2v) is 22.8. The van der Waals surface area contributed by atoms with Crippen molar-refractivity contribution in [2.24, 2.45) is 0 Å². The van der Waals surface area contributed by atoms with Crippen LogP contribution in [0.3, 0.4) is 0 Å². The van der Waals surface area contributed by atoms with Gasteiger partial charge in [0, 0.05) is 6.42 Å². The second kappa shape index (κ2) is 49.9. The standard InChI is InChI=1S/C58H115N2O6P/c1-6-8-10-12-14-16-18-20-22-24-26-27-28-29-30-31-32-33-34-35-37-39-41-43-45-47-49-51-57(61)56(55-66-67(63,64)65-54-53-60(3,4)5)59-58(62)52-50-48-46-44-42-40-38-36-25-23-21-19-17-15-13-11-9-7-2/h41,43,49,51,56-57,61H,6-40,42,44-48,50,52-55H2,1-5H3,(H-,59,62,63,64)/b43-41+,51-49+. The van der Waals surface area contributed by atoms with Crippen molar-refractivity contribution in [2.75, 3.05) is 40.9 Å². The quantitative estimate of drug-likeness (QED) is 0.0272. The zero-order chi connectivity index (χ0) is 49.2. The number of amides is 1. The van der Waals surface area contributed by atoms with Crippen molar-refractivity contribution >= 4 is 13.7 Å². The topological polar surface area (TPSA) is 108 Å². The highest BCUT2D eigenvalue weighted by Gasteiger charge is 2.23. The summed E-state index contributed by atoms with van der Waals surface area (Å²) in [5, 5.41) is 13.9. The van der Waals surface area contributed by atoms with Crippen LogP contribution >= 0.6 is 7.82 Å². The second-order valence-electron chi connectivity index (χ2n) is 21.4. The van der Waals surface area contributed by atoms with Crippen LogP contribution in [0.15, 0.2) is 24.3 Å². The van der Waals surface area contributed by atoms with Gasteiger partial charge in [0.25, 0.3) is 7.82 Å². The molecule has 0 spiro atoms. The number of allylic oxidation sites excluding steroid dienone is 3. The Morgan fingerprint density at radius 3 is 1.21 bits per heavy atom. The largest absolute Gasteiger partial charge is 0.756 e. The first-order chi connectivity index (χ1) is 32.5. The average Bonchev–Trinajstić information content (AvgIpc) is 3.29. The van der Waals surface area contributed by atoms with Crippen LogP contribution in [-0.4, -0.2) is 68.5 Å². The molecule has 3 atom stereocenters. The molecule has 0 aliphatic rings. The minimum Gasteiger partial charge on any atom is -0.756 e. The van der Waals surface area contributed by atoms with E-state index in [1.165, 1.54) is 231 Å². The van der Waals surface area contributed by atoms with Gasteiger partial charge in [-0.2, -0.15) is 0 Å². The number of carbonyl (C=O) groups is 1. The highest BCUT2D eigenvalue weighted by atomic mass is 31.2. The van der Waals surface area contributed by atoms with Crippen LogP contribution in [0.2, 0.25) is 0 Å². The number of nitrogens with zero attached hydrogens (tertiary/aromatic N) is 1. The van der Waals surface area contributed by atoms with Gasteiger partial charge < -0.3 is 28.8 Å². The molecule has 0 aromatic heterocycles. The number of rotatable bonds is 54. The van der Waals surface area contributed by atoms with Crippen molar-refractivity contribution in [3.63, 3.8) is 0 Å². The van der Waals surface area contributed by atoms with Crippen LogP contribution in [0.4, 0.5) is 0 Å². The van der Waals surface area contributed by atoms with Gasteiger partial charge in [-0.1, -0.05) is 276 Å². The molecule has 0 fully saturated rings. The van der Waals surface area contributed by atoms with Crippen molar-refractivity contribution in [3.8, 4) is 0 Å². The molecular weight excluding hydrogens is 852 g/mol. The zero-order valence-corrected chi connectivity index (χ0v) is 46.3. The van der Waals surface area contributed by atoms with E-state index in [-0.39, 0.29) is 19.1 Å². The van der Waals surface area contributed by atoms with Gasteiger partial charge in [-0.15, -0.1) is 0 Å². The molecule has 0 saturated carbocycles. The van der Waals surface area contributed by atoms with Crippen LogP contribution in [0.25, 0.3) is 0 Å². The third-order valence-corrected chi connectivity index (χ3v) is 14.4. The molecule has 0 radical (unpaired) electrons. The maximum atomic E-state index is 12.9. The number of phosphoric ester groups is 1. The van der Waals surface area contributed by atoms with Crippen LogP contribution in [0.1, 0.15) is 290 Å². The lowest BCUT2D eigenvalue weighted by Gasteiger charge is -2.29. The number of hydrogen-bond donors (Lipinski definition) is 2. The van der Waals surface area contributed by atoms with E-state index in [1.54, 1.807) is 6.08 Å². The number of phosphoric acid groups is 1. The number of aliphatic hydroxyl groups excluding tert-OH is 1. The van der Waals surface area contributed by atoms with Gasteiger partial charge in [0.15, 0.2) is 0 Å². The third kappa shape index (κ3) is 52.6. The van der Waals surface area contributed by atoms with Crippen molar-refractivity contribution in [2.45, 2.75) is 302 Å². The highest BCUT2D eigenvalue weighted by molar-refractivity contribution is 7.45. The monoisotopic (exact) mass is 967 g/mol. The number of carbonyl (C=O) groups excluding carboxylic acids is 1. The summed E-state index contributed by atoms with van der Waals surface area (Å²) >= 11 is 0. The van der Waals surface area contributed by atoms with E-state index in [9.17, 15) is 19.4 Å². The summed E-state index contributed by atoms with van der Waals surface area (Å²) < 4.78 is 23.3. The summed E-state index contributed by atoms with van der Waals surface area (Å²) in [7, 11) is 1.26. The fourth-order valence-electron chi connectivity index (χ4n) is 8.82. The average molecular weight is 968 g/mol. The van der Waals surface area contributed by atoms with Gasteiger partial charge in [0.1, 0.15) is 13.2 Å². The lowest BCUT2D eigenvalue weighted by atomic mass is 10.0. The third-order valence-electron chi connectivity index (χ3n) is 13.4. The first-order valence-corrected chi connectivity index (χ1v) is 30.7. The number of likely N-dealkylation sites (N-methyl/N-ethyl adjacent to an activating group) is 1. The minimum absolute atomic E-state index is 0.00372. The molecule has 1 amide bonds. The summed E-state index contributed by atoms with van der Waals surface area (Å²) in [6, 6.07) is -0.900. The van der Waals surface area contributed by atoms with Gasteiger partial charge in [0.2, 0.25) is 5.91 Å². The fraction of sp³-hybridized carbons (Fsp3) is 0.914. The van der Waals surface area contributed by atoms with Crippen molar-refractivity contribution < 1.29 is 32.9 Å².